The summed E-state index contributed by atoms with van der Waals surface area (Å²) in [5.41, 5.74) is 6.62. The van der Waals surface area contributed by atoms with Gasteiger partial charge in [0.15, 0.2) is 0 Å². The lowest BCUT2D eigenvalue weighted by molar-refractivity contribution is 0.460. The Morgan fingerprint density at radius 3 is 2.15 bits per heavy atom. The van der Waals surface area contributed by atoms with Crippen molar-refractivity contribution >= 4 is 27.5 Å². The monoisotopic (exact) mass is 340 g/mol. The van der Waals surface area contributed by atoms with Crippen LogP contribution in [0.2, 0.25) is 0 Å². The average molecular weight is 340 g/mol. The van der Waals surface area contributed by atoms with E-state index in [9.17, 15) is 0 Å². The molecule has 4 aromatic rings. The van der Waals surface area contributed by atoms with Crippen LogP contribution in [0.4, 0.5) is 5.69 Å². The molecule has 1 atom stereocenters. The summed E-state index contributed by atoms with van der Waals surface area (Å²) in [6.07, 6.45) is 0. The van der Waals surface area contributed by atoms with Crippen LogP contribution in [-0.4, -0.2) is 10.1 Å². The zero-order valence-corrected chi connectivity index (χ0v) is 15.8. The van der Waals surface area contributed by atoms with Gasteiger partial charge < -0.3 is 9.47 Å². The summed E-state index contributed by atoms with van der Waals surface area (Å²) in [7, 11) is 0. The summed E-state index contributed by atoms with van der Waals surface area (Å²) < 4.78 is 2.47. The molecule has 1 unspecified atom stereocenters. The molecule has 1 aromatic heterocycles. The van der Waals surface area contributed by atoms with Gasteiger partial charge in [-0.3, -0.25) is 0 Å². The first-order valence-electron chi connectivity index (χ1n) is 9.39. The molecule has 2 heteroatoms. The van der Waals surface area contributed by atoms with Gasteiger partial charge in [-0.1, -0.05) is 48.5 Å². The third-order valence-electron chi connectivity index (χ3n) is 5.67. The number of benzene rings is 3. The predicted octanol–water partition coefficient (Wildman–Crippen LogP) is 6.46. The zero-order valence-electron chi connectivity index (χ0n) is 15.8. The number of fused-ring (bicyclic) bond motifs is 5. The molecule has 5 rings (SSSR count). The van der Waals surface area contributed by atoms with Gasteiger partial charge in [0.2, 0.25) is 0 Å². The van der Waals surface area contributed by atoms with E-state index < -0.39 is 0 Å². The fraction of sp³-hybridized carbons (Fsp3) is 0.250. The van der Waals surface area contributed by atoms with Crippen molar-refractivity contribution in [3.8, 4) is 5.69 Å². The Morgan fingerprint density at radius 1 is 0.731 bits per heavy atom. The van der Waals surface area contributed by atoms with E-state index in [0.717, 1.165) is 0 Å². The van der Waals surface area contributed by atoms with Gasteiger partial charge in [0.05, 0.1) is 28.5 Å². The molecule has 2 nitrogen and oxygen atoms in total. The number of para-hydroxylation sites is 4. The average Bonchev–Trinajstić information content (AvgIpc) is 2.89. The largest absolute Gasteiger partial charge is 0.358 e. The lowest BCUT2D eigenvalue weighted by Gasteiger charge is -2.42. The number of hydrogen-bond acceptors (Lipinski definition) is 1. The first-order chi connectivity index (χ1) is 12.5. The van der Waals surface area contributed by atoms with Crippen LogP contribution in [-0.2, 0) is 0 Å². The summed E-state index contributed by atoms with van der Waals surface area (Å²) in [4.78, 5) is 2.57. The first kappa shape index (κ1) is 15.5. The molecule has 0 bridgehead atoms. The fourth-order valence-corrected chi connectivity index (χ4v) is 4.78. The van der Waals surface area contributed by atoms with Crippen molar-refractivity contribution in [1.82, 2.24) is 4.57 Å². The van der Waals surface area contributed by atoms with E-state index >= 15 is 0 Å². The Hall–Kier alpha value is -2.74. The fourth-order valence-electron chi connectivity index (χ4n) is 4.78. The number of aromatic nitrogens is 1. The number of anilines is 1. The van der Waals surface area contributed by atoms with E-state index in [0.29, 0.717) is 6.04 Å². The molecule has 1 aliphatic rings. The highest BCUT2D eigenvalue weighted by atomic mass is 15.2. The highest BCUT2D eigenvalue weighted by Gasteiger charge is 2.34. The van der Waals surface area contributed by atoms with Crippen molar-refractivity contribution < 1.29 is 0 Å². The van der Waals surface area contributed by atoms with E-state index in [4.69, 9.17) is 0 Å². The summed E-state index contributed by atoms with van der Waals surface area (Å²) in [6.45, 7) is 9.25. The second-order valence-corrected chi connectivity index (χ2v) is 8.30. The van der Waals surface area contributed by atoms with Gasteiger partial charge in [-0.25, -0.2) is 0 Å². The van der Waals surface area contributed by atoms with Crippen LogP contribution < -0.4 is 4.90 Å². The minimum absolute atomic E-state index is 0.0253. The third kappa shape index (κ3) is 1.93. The topological polar surface area (TPSA) is 8.17 Å². The van der Waals surface area contributed by atoms with Crippen LogP contribution in [0.25, 0.3) is 27.5 Å². The van der Waals surface area contributed by atoms with Gasteiger partial charge in [-0.15, -0.1) is 0 Å². The first-order valence-corrected chi connectivity index (χ1v) is 9.39. The highest BCUT2D eigenvalue weighted by Crippen LogP contribution is 2.46. The molecule has 0 saturated carbocycles. The van der Waals surface area contributed by atoms with Crippen molar-refractivity contribution in [2.45, 2.75) is 39.3 Å². The third-order valence-corrected chi connectivity index (χ3v) is 5.67. The molecule has 26 heavy (non-hydrogen) atoms. The zero-order chi connectivity index (χ0) is 18.1. The SMILES string of the molecule is CC1c2cccc3c4ccccc4n(c23)-c2ccccc2N1C(C)(C)C. The molecule has 130 valence electrons. The van der Waals surface area contributed by atoms with Gasteiger partial charge in [-0.2, -0.15) is 0 Å². The molecule has 0 saturated heterocycles. The quantitative estimate of drug-likeness (QED) is 0.356. The smallest absolute Gasteiger partial charge is 0.0696 e. The van der Waals surface area contributed by atoms with Gasteiger partial charge in [0.1, 0.15) is 0 Å². The Kier molecular flexibility index (Phi) is 3.06. The minimum Gasteiger partial charge on any atom is -0.358 e. The van der Waals surface area contributed by atoms with Crippen molar-refractivity contribution in [2.24, 2.45) is 0 Å². The summed E-state index contributed by atoms with van der Waals surface area (Å²) in [5.74, 6) is 0. The molecule has 0 radical (unpaired) electrons. The minimum atomic E-state index is 0.0253. The maximum Gasteiger partial charge on any atom is 0.0696 e. The number of hydrogen-bond donors (Lipinski definition) is 0. The summed E-state index contributed by atoms with van der Waals surface area (Å²) in [6, 6.07) is 24.7. The van der Waals surface area contributed by atoms with Crippen LogP contribution in [0, 0.1) is 0 Å². The molecular weight excluding hydrogens is 316 g/mol. The van der Waals surface area contributed by atoms with Crippen LogP contribution in [0.3, 0.4) is 0 Å². The second-order valence-electron chi connectivity index (χ2n) is 8.30. The van der Waals surface area contributed by atoms with Crippen LogP contribution in [0.1, 0.15) is 39.3 Å². The Balaban J connectivity index is 2.03. The van der Waals surface area contributed by atoms with E-state index in [-0.39, 0.29) is 5.54 Å². The summed E-state index contributed by atoms with van der Waals surface area (Å²) in [5, 5.41) is 2.67. The molecule has 1 aliphatic heterocycles. The number of rotatable bonds is 0. The van der Waals surface area contributed by atoms with Crippen molar-refractivity contribution in [2.75, 3.05) is 4.90 Å². The van der Waals surface area contributed by atoms with Crippen molar-refractivity contribution in [3.05, 3.63) is 72.3 Å². The lowest BCUT2D eigenvalue weighted by atomic mass is 9.96. The second kappa shape index (κ2) is 5.14. The molecule has 0 N–H and O–H groups in total. The Labute approximate surface area is 154 Å². The number of nitrogens with zero attached hydrogens (tertiary/aromatic N) is 2. The molecular formula is C24H24N2. The molecule has 2 heterocycles. The molecule has 0 fully saturated rings. The van der Waals surface area contributed by atoms with Crippen LogP contribution in [0.5, 0.6) is 0 Å². The Morgan fingerprint density at radius 2 is 1.38 bits per heavy atom. The van der Waals surface area contributed by atoms with Crippen LogP contribution >= 0.6 is 0 Å². The van der Waals surface area contributed by atoms with Crippen LogP contribution in [0.15, 0.2) is 66.7 Å². The molecule has 3 aromatic carbocycles. The summed E-state index contributed by atoms with van der Waals surface area (Å²) >= 11 is 0. The molecule has 0 aliphatic carbocycles. The van der Waals surface area contributed by atoms with Gasteiger partial charge in [0.25, 0.3) is 0 Å². The standard InChI is InChI=1S/C24H24N2/c1-16-17-11-9-12-19-18-10-5-6-13-20(18)25(23(17)19)21-14-7-8-15-22(21)26(16)24(2,3)4/h5-16H,1-4H3. The van der Waals surface area contributed by atoms with E-state index in [1.807, 2.05) is 0 Å². The highest BCUT2D eigenvalue weighted by molar-refractivity contribution is 6.11. The van der Waals surface area contributed by atoms with E-state index in [1.54, 1.807) is 0 Å². The van der Waals surface area contributed by atoms with Crippen molar-refractivity contribution in [3.63, 3.8) is 0 Å². The van der Waals surface area contributed by atoms with Gasteiger partial charge in [-0.05, 0) is 51.5 Å². The lowest BCUT2D eigenvalue weighted by Crippen LogP contribution is -2.43. The van der Waals surface area contributed by atoms with Crippen molar-refractivity contribution in [1.29, 1.82) is 0 Å². The normalized spacial score (nSPS) is 16.8. The molecule has 0 amide bonds. The maximum atomic E-state index is 2.57. The Bertz CT molecular complexity index is 1140. The van der Waals surface area contributed by atoms with Gasteiger partial charge in [0, 0.05) is 16.3 Å². The van der Waals surface area contributed by atoms with E-state index in [1.165, 1.54) is 38.7 Å². The molecule has 0 spiro atoms. The van der Waals surface area contributed by atoms with Gasteiger partial charge >= 0.3 is 0 Å². The predicted molar refractivity (Wildman–Crippen MR) is 111 cm³/mol. The maximum absolute atomic E-state index is 2.57. The van der Waals surface area contributed by atoms with E-state index in [2.05, 4.69) is 104 Å².